The van der Waals surface area contributed by atoms with E-state index in [9.17, 15) is 14.4 Å². The molecule has 4 amide bonds. The number of benzene rings is 3. The third-order valence-electron chi connectivity index (χ3n) is 5.98. The van der Waals surface area contributed by atoms with Gasteiger partial charge >= 0.3 is 6.03 Å². The Hall–Kier alpha value is -4.33. The summed E-state index contributed by atoms with van der Waals surface area (Å²) < 4.78 is 11.1. The molecule has 1 fully saturated rings. The molecule has 3 aromatic carbocycles. The topological polar surface area (TPSA) is 97.0 Å². The van der Waals surface area contributed by atoms with Crippen LogP contribution in [0.15, 0.2) is 72.8 Å². The number of hydrogen-bond donors (Lipinski definition) is 2. The number of amides is 4. The maximum Gasteiger partial charge on any atom is 0.325 e. The number of imide groups is 1. The minimum absolute atomic E-state index is 0.407. The van der Waals surface area contributed by atoms with Crippen molar-refractivity contribution in [1.82, 2.24) is 10.2 Å². The number of anilines is 1. The van der Waals surface area contributed by atoms with E-state index in [4.69, 9.17) is 9.47 Å². The molecule has 2 aliphatic heterocycles. The van der Waals surface area contributed by atoms with Gasteiger partial charge in [0.15, 0.2) is 11.5 Å². The number of hydrogen-bond acceptors (Lipinski definition) is 5. The van der Waals surface area contributed by atoms with Crippen LogP contribution >= 0.6 is 0 Å². The summed E-state index contributed by atoms with van der Waals surface area (Å²) in [6, 6.07) is 21.5. The predicted molar refractivity (Wildman–Crippen MR) is 126 cm³/mol. The van der Waals surface area contributed by atoms with E-state index in [1.807, 2.05) is 48.5 Å². The maximum atomic E-state index is 13.3. The van der Waals surface area contributed by atoms with E-state index < -0.39 is 29.9 Å². The summed E-state index contributed by atoms with van der Waals surface area (Å²) in [5, 5.41) is 5.56. The fraction of sp³-hybridized carbons (Fsp3) is 0.192. The molecule has 0 spiro atoms. The minimum Gasteiger partial charge on any atom is -0.486 e. The molecule has 34 heavy (non-hydrogen) atoms. The number of para-hydroxylation sites is 1. The van der Waals surface area contributed by atoms with Crippen LogP contribution in [0.1, 0.15) is 12.5 Å². The first-order valence-electron chi connectivity index (χ1n) is 10.9. The molecule has 0 saturated carbocycles. The van der Waals surface area contributed by atoms with Gasteiger partial charge in [0, 0.05) is 11.3 Å². The van der Waals surface area contributed by atoms with Gasteiger partial charge in [-0.05, 0) is 36.2 Å². The smallest absolute Gasteiger partial charge is 0.325 e. The fourth-order valence-electron chi connectivity index (χ4n) is 4.19. The number of ether oxygens (including phenoxy) is 2. The highest BCUT2D eigenvalue weighted by atomic mass is 16.6. The van der Waals surface area contributed by atoms with E-state index in [0.717, 1.165) is 16.0 Å². The summed E-state index contributed by atoms with van der Waals surface area (Å²) >= 11 is 0. The number of fused-ring (bicyclic) bond motifs is 1. The summed E-state index contributed by atoms with van der Waals surface area (Å²) in [6.07, 6.45) is 0. The van der Waals surface area contributed by atoms with Crippen LogP contribution in [0.3, 0.4) is 0 Å². The first kappa shape index (κ1) is 21.5. The third-order valence-corrected chi connectivity index (χ3v) is 5.98. The van der Waals surface area contributed by atoms with Gasteiger partial charge in [0.1, 0.15) is 25.3 Å². The zero-order valence-corrected chi connectivity index (χ0v) is 18.5. The molecular formula is C26H23N3O5. The molecule has 5 rings (SSSR count). The van der Waals surface area contributed by atoms with Gasteiger partial charge in [0.2, 0.25) is 5.91 Å². The Morgan fingerprint density at radius 2 is 1.68 bits per heavy atom. The van der Waals surface area contributed by atoms with Crippen molar-refractivity contribution in [3.8, 4) is 22.6 Å². The van der Waals surface area contributed by atoms with Crippen LogP contribution in [0.2, 0.25) is 0 Å². The van der Waals surface area contributed by atoms with E-state index in [0.29, 0.717) is 36.0 Å². The summed E-state index contributed by atoms with van der Waals surface area (Å²) in [7, 11) is 0. The minimum atomic E-state index is -1.32. The molecule has 0 radical (unpaired) electrons. The van der Waals surface area contributed by atoms with E-state index in [-0.39, 0.29) is 0 Å². The quantitative estimate of drug-likeness (QED) is 0.572. The van der Waals surface area contributed by atoms with Crippen molar-refractivity contribution in [2.45, 2.75) is 12.5 Å². The SMILES string of the molecule is C[C@]1(c2ccc3c(c2)OCCO3)NC(=O)N(CC(=O)Nc2ccccc2-c2ccccc2)C1=O. The zero-order chi connectivity index (χ0) is 23.7. The first-order valence-corrected chi connectivity index (χ1v) is 10.9. The second-order valence-corrected chi connectivity index (χ2v) is 8.26. The standard InChI is InChI=1S/C26H23N3O5/c1-26(18-11-12-21-22(15-18)34-14-13-33-21)24(31)29(25(32)28-26)16-23(30)27-20-10-6-5-9-19(20)17-7-3-2-4-8-17/h2-12,15H,13-14,16H2,1H3,(H,27,30)(H,28,32)/t26-/m1/s1. The number of carbonyl (C=O) groups is 3. The highest BCUT2D eigenvalue weighted by Gasteiger charge is 2.49. The van der Waals surface area contributed by atoms with E-state index in [1.54, 1.807) is 31.2 Å². The average molecular weight is 457 g/mol. The first-order chi connectivity index (χ1) is 16.5. The summed E-state index contributed by atoms with van der Waals surface area (Å²) in [4.78, 5) is 39.8. The molecule has 8 heteroatoms. The highest BCUT2D eigenvalue weighted by molar-refractivity contribution is 6.10. The van der Waals surface area contributed by atoms with Crippen molar-refractivity contribution in [1.29, 1.82) is 0 Å². The molecule has 0 bridgehead atoms. The lowest BCUT2D eigenvalue weighted by Crippen LogP contribution is -2.42. The molecule has 0 aliphatic carbocycles. The lowest BCUT2D eigenvalue weighted by atomic mass is 9.91. The van der Waals surface area contributed by atoms with Gasteiger partial charge < -0.3 is 20.1 Å². The average Bonchev–Trinajstić information content (AvgIpc) is 3.08. The zero-order valence-electron chi connectivity index (χ0n) is 18.5. The highest BCUT2D eigenvalue weighted by Crippen LogP contribution is 2.37. The number of nitrogens with one attached hydrogen (secondary N) is 2. The third kappa shape index (κ3) is 3.83. The second kappa shape index (κ2) is 8.55. The number of urea groups is 1. The largest absolute Gasteiger partial charge is 0.486 e. The summed E-state index contributed by atoms with van der Waals surface area (Å²) in [5.74, 6) is 0.114. The Morgan fingerprint density at radius 3 is 2.47 bits per heavy atom. The molecule has 172 valence electrons. The fourth-order valence-corrected chi connectivity index (χ4v) is 4.19. The molecule has 8 nitrogen and oxygen atoms in total. The van der Waals surface area contributed by atoms with Crippen molar-refractivity contribution in [2.75, 3.05) is 25.1 Å². The summed E-state index contributed by atoms with van der Waals surface area (Å²) in [6.45, 7) is 2.06. The van der Waals surface area contributed by atoms with Crippen molar-refractivity contribution in [3.63, 3.8) is 0 Å². The maximum absolute atomic E-state index is 13.3. The van der Waals surface area contributed by atoms with Crippen LogP contribution in [-0.2, 0) is 15.1 Å². The van der Waals surface area contributed by atoms with Crippen molar-refractivity contribution in [2.24, 2.45) is 0 Å². The summed E-state index contributed by atoms with van der Waals surface area (Å²) in [5.41, 5.74) is 1.61. The van der Waals surface area contributed by atoms with Gasteiger partial charge in [-0.25, -0.2) is 4.79 Å². The van der Waals surface area contributed by atoms with Crippen LogP contribution in [0.5, 0.6) is 11.5 Å². The van der Waals surface area contributed by atoms with Crippen LogP contribution in [0.25, 0.3) is 11.1 Å². The Labute approximate surface area is 196 Å². The molecule has 2 N–H and O–H groups in total. The molecule has 1 saturated heterocycles. The Morgan fingerprint density at radius 1 is 0.971 bits per heavy atom. The van der Waals surface area contributed by atoms with Crippen molar-refractivity contribution in [3.05, 3.63) is 78.4 Å². The lowest BCUT2D eigenvalue weighted by molar-refractivity contribution is -0.133. The van der Waals surface area contributed by atoms with E-state index >= 15 is 0 Å². The molecule has 3 aromatic rings. The lowest BCUT2D eigenvalue weighted by Gasteiger charge is -2.25. The molecule has 2 heterocycles. The normalized spacial score (nSPS) is 19.0. The molecular weight excluding hydrogens is 434 g/mol. The molecule has 0 aromatic heterocycles. The van der Waals surface area contributed by atoms with E-state index in [2.05, 4.69) is 10.6 Å². The number of nitrogens with zero attached hydrogens (tertiary/aromatic N) is 1. The predicted octanol–water partition coefficient (Wildman–Crippen LogP) is 3.53. The van der Waals surface area contributed by atoms with Crippen LogP contribution in [0.4, 0.5) is 10.5 Å². The van der Waals surface area contributed by atoms with Crippen LogP contribution in [-0.4, -0.2) is 42.5 Å². The van der Waals surface area contributed by atoms with Gasteiger partial charge in [-0.3, -0.25) is 14.5 Å². The van der Waals surface area contributed by atoms with Gasteiger partial charge in [-0.15, -0.1) is 0 Å². The van der Waals surface area contributed by atoms with Crippen molar-refractivity contribution < 1.29 is 23.9 Å². The van der Waals surface area contributed by atoms with E-state index in [1.165, 1.54) is 0 Å². The molecule has 2 aliphatic rings. The Bertz CT molecular complexity index is 1280. The number of carbonyl (C=O) groups excluding carboxylic acids is 3. The Balaban J connectivity index is 1.34. The molecule has 1 atom stereocenters. The van der Waals surface area contributed by atoms with Gasteiger partial charge in [0.05, 0.1) is 0 Å². The second-order valence-electron chi connectivity index (χ2n) is 8.26. The van der Waals surface area contributed by atoms with Gasteiger partial charge in [-0.1, -0.05) is 54.6 Å². The van der Waals surface area contributed by atoms with Crippen LogP contribution in [0, 0.1) is 0 Å². The van der Waals surface area contributed by atoms with Gasteiger partial charge in [-0.2, -0.15) is 0 Å². The molecule has 0 unspecified atom stereocenters. The number of rotatable bonds is 5. The Kier molecular flexibility index (Phi) is 5.41. The van der Waals surface area contributed by atoms with Crippen molar-refractivity contribution >= 4 is 23.5 Å². The monoisotopic (exact) mass is 457 g/mol. The van der Waals surface area contributed by atoms with Crippen LogP contribution < -0.4 is 20.1 Å². The van der Waals surface area contributed by atoms with Gasteiger partial charge in [0.25, 0.3) is 5.91 Å².